The van der Waals surface area contributed by atoms with Crippen LogP contribution in [0.15, 0.2) is 8.68 Å². The second-order valence-electron chi connectivity index (χ2n) is 2.56. The Labute approximate surface area is 95.7 Å². The van der Waals surface area contributed by atoms with Crippen LogP contribution in [0, 0.1) is 0 Å². The van der Waals surface area contributed by atoms with E-state index in [0.717, 1.165) is 14.4 Å². The Morgan fingerprint density at radius 2 is 2.21 bits per heavy atom. The van der Waals surface area contributed by atoms with Gasteiger partial charge in [-0.1, -0.05) is 34.9 Å². The molecule has 0 bridgehead atoms. The number of aromatic nitrogens is 2. The van der Waals surface area contributed by atoms with Crippen molar-refractivity contribution in [2.45, 2.75) is 21.2 Å². The quantitative estimate of drug-likeness (QED) is 0.737. The van der Waals surface area contributed by atoms with Gasteiger partial charge in [0, 0.05) is 12.3 Å². The molecule has 0 aliphatic carbocycles. The summed E-state index contributed by atoms with van der Waals surface area (Å²) in [4.78, 5) is 0. The summed E-state index contributed by atoms with van der Waals surface area (Å²) < 4.78 is 1.94. The molecule has 7 heteroatoms. The van der Waals surface area contributed by atoms with E-state index in [4.69, 9.17) is 5.73 Å². The van der Waals surface area contributed by atoms with Gasteiger partial charge in [0.15, 0.2) is 8.68 Å². The van der Waals surface area contributed by atoms with Crippen molar-refractivity contribution in [3.05, 3.63) is 0 Å². The first-order valence-corrected chi connectivity index (χ1v) is 7.17. The summed E-state index contributed by atoms with van der Waals surface area (Å²) in [5.41, 5.74) is 5.29. The van der Waals surface area contributed by atoms with Gasteiger partial charge in [0.2, 0.25) is 0 Å². The van der Waals surface area contributed by atoms with Crippen LogP contribution in [0.3, 0.4) is 0 Å². The summed E-state index contributed by atoms with van der Waals surface area (Å²) in [6, 6.07) is 0. The molecule has 80 valence electrons. The van der Waals surface area contributed by atoms with Gasteiger partial charge in [-0.05, 0) is 12.7 Å². The highest BCUT2D eigenvalue weighted by molar-refractivity contribution is 8.02. The molecule has 1 aromatic heterocycles. The van der Waals surface area contributed by atoms with Gasteiger partial charge in [-0.15, -0.1) is 10.2 Å². The molecule has 0 radical (unpaired) electrons. The molecule has 1 aromatic rings. The summed E-state index contributed by atoms with van der Waals surface area (Å²) in [5, 5.41) is 17.2. The average molecular weight is 251 g/mol. The Balaban J connectivity index is 2.24. The standard InChI is InChI=1S/C7H13N3OS3/c1-12-6-9-10-7(14-6)13-3-2-5(11)4-8/h5,11H,2-4,8H2,1H3. The lowest BCUT2D eigenvalue weighted by Crippen LogP contribution is -2.19. The zero-order chi connectivity index (χ0) is 10.4. The lowest BCUT2D eigenvalue weighted by molar-refractivity contribution is 0.180. The minimum Gasteiger partial charge on any atom is -0.392 e. The normalized spacial score (nSPS) is 13.1. The maximum atomic E-state index is 9.21. The van der Waals surface area contributed by atoms with Gasteiger partial charge in [0.05, 0.1) is 6.10 Å². The first-order valence-electron chi connectivity index (χ1n) is 4.14. The first kappa shape index (κ1) is 12.3. The van der Waals surface area contributed by atoms with Crippen LogP contribution in [0.5, 0.6) is 0 Å². The van der Waals surface area contributed by atoms with Gasteiger partial charge in [0.25, 0.3) is 0 Å². The van der Waals surface area contributed by atoms with Crippen LogP contribution in [0.2, 0.25) is 0 Å². The average Bonchev–Trinajstić information content (AvgIpc) is 2.65. The highest BCUT2D eigenvalue weighted by atomic mass is 32.2. The molecule has 1 heterocycles. The van der Waals surface area contributed by atoms with Crippen molar-refractivity contribution in [1.29, 1.82) is 0 Å². The van der Waals surface area contributed by atoms with Gasteiger partial charge in [-0.25, -0.2) is 0 Å². The summed E-state index contributed by atoms with van der Waals surface area (Å²) in [6.07, 6.45) is 2.29. The molecule has 0 spiro atoms. The SMILES string of the molecule is CSc1nnc(SCCC(O)CN)s1. The number of nitrogens with two attached hydrogens (primary N) is 1. The molecular formula is C7H13N3OS3. The number of rotatable bonds is 6. The maximum absolute atomic E-state index is 9.21. The molecular weight excluding hydrogens is 238 g/mol. The van der Waals surface area contributed by atoms with Crippen molar-refractivity contribution in [2.24, 2.45) is 5.73 Å². The van der Waals surface area contributed by atoms with Crippen molar-refractivity contribution in [3.8, 4) is 0 Å². The van der Waals surface area contributed by atoms with Crippen molar-refractivity contribution < 1.29 is 5.11 Å². The van der Waals surface area contributed by atoms with Crippen molar-refractivity contribution >= 4 is 34.9 Å². The highest BCUT2D eigenvalue weighted by Gasteiger charge is 2.05. The molecule has 1 unspecified atom stereocenters. The van der Waals surface area contributed by atoms with E-state index in [1.165, 1.54) is 0 Å². The molecule has 0 amide bonds. The van der Waals surface area contributed by atoms with Crippen LogP contribution < -0.4 is 5.73 Å². The van der Waals surface area contributed by atoms with Crippen LogP contribution in [0.1, 0.15) is 6.42 Å². The maximum Gasteiger partial charge on any atom is 0.175 e. The lowest BCUT2D eigenvalue weighted by Gasteiger charge is -2.04. The molecule has 14 heavy (non-hydrogen) atoms. The van der Waals surface area contributed by atoms with Gasteiger partial charge in [0.1, 0.15) is 0 Å². The van der Waals surface area contributed by atoms with E-state index in [-0.39, 0.29) is 0 Å². The van der Waals surface area contributed by atoms with Gasteiger partial charge >= 0.3 is 0 Å². The molecule has 4 nitrogen and oxygen atoms in total. The van der Waals surface area contributed by atoms with E-state index in [9.17, 15) is 5.11 Å². The third-order valence-corrected chi connectivity index (χ3v) is 4.58. The fourth-order valence-corrected chi connectivity index (χ4v) is 3.29. The van der Waals surface area contributed by atoms with Crippen LogP contribution >= 0.6 is 34.9 Å². The first-order chi connectivity index (χ1) is 6.76. The Hall–Kier alpha value is 0.180. The van der Waals surface area contributed by atoms with Crippen LogP contribution in [0.4, 0.5) is 0 Å². The molecule has 0 fully saturated rings. The molecule has 3 N–H and O–H groups in total. The lowest BCUT2D eigenvalue weighted by atomic mass is 10.3. The Morgan fingerprint density at radius 1 is 1.50 bits per heavy atom. The second-order valence-corrected chi connectivity index (χ2v) is 5.94. The van der Waals surface area contributed by atoms with E-state index in [1.807, 2.05) is 6.26 Å². The predicted molar refractivity (Wildman–Crippen MR) is 62.1 cm³/mol. The van der Waals surface area contributed by atoms with Gasteiger partial charge in [-0.3, -0.25) is 0 Å². The van der Waals surface area contributed by atoms with E-state index >= 15 is 0 Å². The number of hydrogen-bond acceptors (Lipinski definition) is 7. The summed E-state index contributed by atoms with van der Waals surface area (Å²) in [7, 11) is 0. The van der Waals surface area contributed by atoms with Crippen molar-refractivity contribution in [3.63, 3.8) is 0 Å². The molecule has 0 aromatic carbocycles. The Bertz CT molecular complexity index is 268. The van der Waals surface area contributed by atoms with Crippen molar-refractivity contribution in [1.82, 2.24) is 10.2 Å². The summed E-state index contributed by atoms with van der Waals surface area (Å²) in [6.45, 7) is 0.326. The topological polar surface area (TPSA) is 72.0 Å². The monoisotopic (exact) mass is 251 g/mol. The van der Waals surface area contributed by atoms with Crippen molar-refractivity contribution in [2.75, 3.05) is 18.6 Å². The number of hydrogen-bond donors (Lipinski definition) is 2. The summed E-state index contributed by atoms with van der Waals surface area (Å²) >= 11 is 4.80. The van der Waals surface area contributed by atoms with Gasteiger partial charge < -0.3 is 10.8 Å². The Morgan fingerprint density at radius 3 is 2.79 bits per heavy atom. The minimum absolute atomic E-state index is 0.326. The number of aliphatic hydroxyl groups is 1. The fraction of sp³-hybridized carbons (Fsp3) is 0.714. The highest BCUT2D eigenvalue weighted by Crippen LogP contribution is 2.27. The van der Waals surface area contributed by atoms with Crippen LogP contribution in [-0.4, -0.2) is 40.0 Å². The molecule has 0 saturated carbocycles. The zero-order valence-electron chi connectivity index (χ0n) is 7.84. The summed E-state index contributed by atoms with van der Waals surface area (Å²) in [5.74, 6) is 0.835. The predicted octanol–water partition coefficient (Wildman–Crippen LogP) is 1.06. The molecule has 0 saturated heterocycles. The molecule has 1 atom stereocenters. The molecule has 1 rings (SSSR count). The number of thioether (sulfide) groups is 2. The van der Waals surface area contributed by atoms with E-state index in [0.29, 0.717) is 13.0 Å². The number of aliphatic hydroxyl groups excluding tert-OH is 1. The van der Waals surface area contributed by atoms with Gasteiger partial charge in [-0.2, -0.15) is 0 Å². The van der Waals surface area contributed by atoms with Crippen LogP contribution in [-0.2, 0) is 0 Å². The zero-order valence-corrected chi connectivity index (χ0v) is 10.3. The number of nitrogens with zero attached hydrogens (tertiary/aromatic N) is 2. The van der Waals surface area contributed by atoms with Crippen LogP contribution in [0.25, 0.3) is 0 Å². The minimum atomic E-state index is -0.393. The third kappa shape index (κ3) is 4.14. The second kappa shape index (κ2) is 6.62. The van der Waals surface area contributed by atoms with E-state index < -0.39 is 6.10 Å². The van der Waals surface area contributed by atoms with E-state index in [2.05, 4.69) is 10.2 Å². The third-order valence-electron chi connectivity index (χ3n) is 1.51. The fourth-order valence-electron chi connectivity index (χ4n) is 0.738. The largest absolute Gasteiger partial charge is 0.392 e. The molecule has 0 aliphatic rings. The molecule has 0 aliphatic heterocycles. The Kier molecular flexibility index (Phi) is 5.80. The van der Waals surface area contributed by atoms with E-state index in [1.54, 1.807) is 34.9 Å². The smallest absolute Gasteiger partial charge is 0.175 e.